The van der Waals surface area contributed by atoms with E-state index in [-0.39, 0.29) is 6.61 Å². The largest absolute Gasteiger partial charge is 0.508 e. The Morgan fingerprint density at radius 2 is 1.58 bits per heavy atom. The third-order valence-electron chi connectivity index (χ3n) is 3.62. The molecule has 0 amide bonds. The molecule has 0 unspecified atom stereocenters. The Balaban J connectivity index is 2.91. The van der Waals surface area contributed by atoms with E-state index < -0.39 is 29.9 Å². The van der Waals surface area contributed by atoms with Crippen LogP contribution in [0.1, 0.15) is 17.0 Å². The maximum absolute atomic E-state index is 12.0. The van der Waals surface area contributed by atoms with E-state index in [2.05, 4.69) is 11.3 Å². The van der Waals surface area contributed by atoms with Gasteiger partial charge in [-0.05, 0) is 17.2 Å². The fourth-order valence-corrected chi connectivity index (χ4v) is 2.30. The van der Waals surface area contributed by atoms with E-state index in [1.54, 1.807) is 36.4 Å². The molecule has 0 saturated carbocycles. The van der Waals surface area contributed by atoms with Gasteiger partial charge in [-0.2, -0.15) is 0 Å². The number of benzene rings is 1. The second-order valence-electron chi connectivity index (χ2n) is 5.12. The molecule has 0 saturated heterocycles. The molecule has 0 radical (unpaired) electrons. The lowest BCUT2D eigenvalue weighted by molar-refractivity contribution is -0.159. The number of hydrogen-bond acceptors (Lipinski definition) is 7. The zero-order valence-corrected chi connectivity index (χ0v) is 15.0. The molecule has 7 nitrogen and oxygen atoms in total. The molecule has 0 aromatic heterocycles. The van der Waals surface area contributed by atoms with E-state index in [1.165, 1.54) is 27.4 Å². The van der Waals surface area contributed by atoms with Gasteiger partial charge in [0, 0.05) is 5.92 Å². The summed E-state index contributed by atoms with van der Waals surface area (Å²) in [7, 11) is 3.65. The molecule has 0 aliphatic rings. The van der Waals surface area contributed by atoms with Crippen molar-refractivity contribution in [3.63, 3.8) is 0 Å². The Labute approximate surface area is 152 Å². The molecule has 0 aliphatic heterocycles. The Kier molecular flexibility index (Phi) is 8.63. The Hall–Kier alpha value is -3.09. The number of rotatable bonds is 8. The van der Waals surface area contributed by atoms with E-state index in [4.69, 9.17) is 14.2 Å². The average molecular weight is 362 g/mol. The summed E-state index contributed by atoms with van der Waals surface area (Å²) in [6.45, 7) is 3.79. The first-order valence-electron chi connectivity index (χ1n) is 7.73. The third kappa shape index (κ3) is 5.77. The number of ether oxygens (including phenoxy) is 4. The van der Waals surface area contributed by atoms with Crippen molar-refractivity contribution in [1.82, 2.24) is 0 Å². The van der Waals surface area contributed by atoms with Crippen molar-refractivity contribution in [1.29, 1.82) is 0 Å². The highest BCUT2D eigenvalue weighted by Gasteiger charge is 2.36. The highest BCUT2D eigenvalue weighted by atomic mass is 16.7. The summed E-state index contributed by atoms with van der Waals surface area (Å²) in [6, 6.07) is 7.14. The Morgan fingerprint density at radius 3 is 2.04 bits per heavy atom. The van der Waals surface area contributed by atoms with Crippen LogP contribution < -0.4 is 0 Å². The van der Waals surface area contributed by atoms with Gasteiger partial charge in [-0.25, -0.2) is 4.79 Å². The first kappa shape index (κ1) is 21.0. The first-order chi connectivity index (χ1) is 12.5. The summed E-state index contributed by atoms with van der Waals surface area (Å²) in [5.41, 5.74) is 1.56. The zero-order valence-electron chi connectivity index (χ0n) is 15.0. The van der Waals surface area contributed by atoms with Crippen molar-refractivity contribution < 1.29 is 33.3 Å². The van der Waals surface area contributed by atoms with Crippen LogP contribution in [0.25, 0.3) is 6.08 Å². The van der Waals surface area contributed by atoms with Crippen molar-refractivity contribution in [2.45, 2.75) is 5.92 Å². The summed E-state index contributed by atoms with van der Waals surface area (Å²) in [5.74, 6) is -3.09. The fourth-order valence-electron chi connectivity index (χ4n) is 2.30. The molecule has 140 valence electrons. The third-order valence-corrected chi connectivity index (χ3v) is 3.62. The van der Waals surface area contributed by atoms with E-state index in [1.807, 2.05) is 0 Å². The van der Waals surface area contributed by atoms with Gasteiger partial charge in [-0.1, -0.05) is 36.4 Å². The highest BCUT2D eigenvalue weighted by Crippen LogP contribution is 2.28. The molecule has 1 aromatic rings. The minimum Gasteiger partial charge on any atom is -0.468 e. The number of carbonyl (C=O) groups excluding carboxylic acids is 3. The van der Waals surface area contributed by atoms with E-state index >= 15 is 0 Å². The van der Waals surface area contributed by atoms with Gasteiger partial charge in [0.15, 0.2) is 5.92 Å². The molecule has 7 heteroatoms. The van der Waals surface area contributed by atoms with E-state index in [9.17, 15) is 14.4 Å². The molecular weight excluding hydrogens is 340 g/mol. The SMILES string of the molecule is C=C[C@H](c1ccc(/C=C/COC(=O)OC)cc1)C(C(=O)OC)C(=O)OC. The Bertz CT molecular complexity index is 645. The molecular formula is C19H22O7. The lowest BCUT2D eigenvalue weighted by atomic mass is 9.85. The van der Waals surface area contributed by atoms with Crippen molar-refractivity contribution in [3.8, 4) is 0 Å². The lowest BCUT2D eigenvalue weighted by Gasteiger charge is -2.20. The smallest absolute Gasteiger partial charge is 0.468 e. The van der Waals surface area contributed by atoms with Crippen LogP contribution in [0.15, 0.2) is 43.0 Å². The predicted molar refractivity (Wildman–Crippen MR) is 94.3 cm³/mol. The van der Waals surface area contributed by atoms with Crippen LogP contribution in [0.4, 0.5) is 4.79 Å². The van der Waals surface area contributed by atoms with Gasteiger partial charge in [0.05, 0.1) is 21.3 Å². The van der Waals surface area contributed by atoms with Crippen molar-refractivity contribution in [3.05, 3.63) is 54.1 Å². The van der Waals surface area contributed by atoms with Crippen LogP contribution in [0, 0.1) is 5.92 Å². The normalized spacial score (nSPS) is 11.7. The number of carbonyl (C=O) groups is 3. The summed E-state index contributed by atoms with van der Waals surface area (Å²) in [5, 5.41) is 0. The standard InChI is InChI=1S/C19H22O7/c1-5-15(16(17(20)23-2)18(21)24-3)14-10-8-13(9-11-14)7-6-12-26-19(22)25-4/h5-11,15-16H,1,12H2,2-4H3/b7-6+/t15-/m1/s1. The molecule has 0 bridgehead atoms. The fraction of sp³-hybridized carbons (Fsp3) is 0.316. The predicted octanol–water partition coefficient (Wildman–Crippen LogP) is 2.71. The monoisotopic (exact) mass is 362 g/mol. The van der Waals surface area contributed by atoms with Gasteiger partial charge >= 0.3 is 18.1 Å². The molecule has 26 heavy (non-hydrogen) atoms. The van der Waals surface area contributed by atoms with Crippen LogP contribution in [0.3, 0.4) is 0 Å². The number of allylic oxidation sites excluding steroid dienone is 1. The van der Waals surface area contributed by atoms with Crippen molar-refractivity contribution in [2.75, 3.05) is 27.9 Å². The van der Waals surface area contributed by atoms with Gasteiger partial charge in [0.1, 0.15) is 6.61 Å². The van der Waals surface area contributed by atoms with E-state index in [0.29, 0.717) is 5.56 Å². The lowest BCUT2D eigenvalue weighted by Crippen LogP contribution is -2.31. The molecule has 0 N–H and O–H groups in total. The minimum absolute atomic E-state index is 0.0798. The van der Waals surface area contributed by atoms with E-state index in [0.717, 1.165) is 5.56 Å². The molecule has 1 aromatic carbocycles. The topological polar surface area (TPSA) is 88.1 Å². The van der Waals surface area contributed by atoms with Crippen molar-refractivity contribution >= 4 is 24.2 Å². The molecule has 1 atom stereocenters. The molecule has 0 fully saturated rings. The van der Waals surface area contributed by atoms with Crippen LogP contribution in [0.5, 0.6) is 0 Å². The summed E-state index contributed by atoms with van der Waals surface area (Å²) >= 11 is 0. The summed E-state index contributed by atoms with van der Waals surface area (Å²) in [6.07, 6.45) is 4.17. The second-order valence-corrected chi connectivity index (χ2v) is 5.12. The molecule has 0 heterocycles. The second kappa shape index (κ2) is 10.7. The Morgan fingerprint density at radius 1 is 1.00 bits per heavy atom. The minimum atomic E-state index is -1.13. The van der Waals surface area contributed by atoms with Crippen LogP contribution >= 0.6 is 0 Å². The summed E-state index contributed by atoms with van der Waals surface area (Å²) < 4.78 is 18.5. The molecule has 1 rings (SSSR count). The number of methoxy groups -OCH3 is 3. The first-order valence-corrected chi connectivity index (χ1v) is 7.73. The van der Waals surface area contributed by atoms with Crippen LogP contribution in [-0.2, 0) is 28.5 Å². The number of hydrogen-bond donors (Lipinski definition) is 0. The summed E-state index contributed by atoms with van der Waals surface area (Å²) in [4.78, 5) is 34.8. The molecule has 0 aliphatic carbocycles. The zero-order chi connectivity index (χ0) is 19.5. The van der Waals surface area contributed by atoms with Crippen LogP contribution in [-0.4, -0.2) is 46.0 Å². The van der Waals surface area contributed by atoms with Gasteiger partial charge < -0.3 is 18.9 Å². The maximum Gasteiger partial charge on any atom is 0.508 e. The van der Waals surface area contributed by atoms with Gasteiger partial charge in [0.2, 0.25) is 0 Å². The van der Waals surface area contributed by atoms with Crippen molar-refractivity contribution in [2.24, 2.45) is 5.92 Å². The number of esters is 2. The van der Waals surface area contributed by atoms with Gasteiger partial charge in [-0.3, -0.25) is 9.59 Å². The van der Waals surface area contributed by atoms with Crippen LogP contribution in [0.2, 0.25) is 0 Å². The van der Waals surface area contributed by atoms with Gasteiger partial charge in [0.25, 0.3) is 0 Å². The molecule has 0 spiro atoms. The average Bonchev–Trinajstić information content (AvgIpc) is 2.68. The van der Waals surface area contributed by atoms with Gasteiger partial charge in [-0.15, -0.1) is 6.58 Å². The quantitative estimate of drug-likeness (QED) is 0.304. The highest BCUT2D eigenvalue weighted by molar-refractivity contribution is 5.96. The maximum atomic E-state index is 12.0.